The fraction of sp³-hybridized carbons (Fsp3) is 0.294. The average Bonchev–Trinajstić information content (AvgIpc) is 2.39. The molecule has 3 heteroatoms. The molecular formula is C17H18N2O. The van der Waals surface area contributed by atoms with Crippen molar-refractivity contribution < 1.29 is 0 Å². The Morgan fingerprint density at radius 1 is 1.05 bits per heavy atom. The van der Waals surface area contributed by atoms with E-state index < -0.39 is 0 Å². The van der Waals surface area contributed by atoms with Crippen LogP contribution in [0.3, 0.4) is 0 Å². The van der Waals surface area contributed by atoms with Gasteiger partial charge >= 0.3 is 0 Å². The lowest BCUT2D eigenvalue weighted by atomic mass is 10.1. The Labute approximate surface area is 119 Å². The molecule has 0 amide bonds. The number of nitriles is 1. The van der Waals surface area contributed by atoms with Gasteiger partial charge < -0.3 is 4.57 Å². The minimum atomic E-state index is -0.205. The third-order valence-electron chi connectivity index (χ3n) is 3.73. The van der Waals surface area contributed by atoms with E-state index in [1.807, 2.05) is 25.1 Å². The zero-order chi connectivity index (χ0) is 14.9. The third kappa shape index (κ3) is 2.50. The van der Waals surface area contributed by atoms with Gasteiger partial charge in [-0.15, -0.1) is 0 Å². The average molecular weight is 266 g/mol. The maximum Gasteiger partial charge on any atom is 0.269 e. The second-order valence-corrected chi connectivity index (χ2v) is 5.27. The molecule has 0 aliphatic carbocycles. The summed E-state index contributed by atoms with van der Waals surface area (Å²) in [5, 5.41) is 9.10. The molecule has 0 bridgehead atoms. The maximum absolute atomic E-state index is 12.3. The van der Waals surface area contributed by atoms with E-state index in [0.29, 0.717) is 6.54 Å². The normalized spacial score (nSPS) is 10.3. The molecule has 1 heterocycles. The van der Waals surface area contributed by atoms with E-state index in [1.54, 1.807) is 11.5 Å². The Hall–Kier alpha value is -2.34. The largest absolute Gasteiger partial charge is 0.307 e. The molecule has 0 fully saturated rings. The Bertz CT molecular complexity index is 764. The molecule has 0 aliphatic heterocycles. The molecule has 0 unspecified atom stereocenters. The highest BCUT2D eigenvalue weighted by Crippen LogP contribution is 2.12. The summed E-state index contributed by atoms with van der Waals surface area (Å²) in [6.07, 6.45) is 0. The van der Waals surface area contributed by atoms with Gasteiger partial charge in [-0.25, -0.2) is 0 Å². The summed E-state index contributed by atoms with van der Waals surface area (Å²) >= 11 is 0. The second-order valence-electron chi connectivity index (χ2n) is 5.27. The van der Waals surface area contributed by atoms with Crippen LogP contribution < -0.4 is 5.56 Å². The molecule has 0 atom stereocenters. The highest BCUT2D eigenvalue weighted by atomic mass is 16.1. The first-order valence-electron chi connectivity index (χ1n) is 6.61. The molecule has 2 aromatic rings. The van der Waals surface area contributed by atoms with Gasteiger partial charge in [0.1, 0.15) is 11.6 Å². The van der Waals surface area contributed by atoms with Gasteiger partial charge in [-0.1, -0.05) is 18.2 Å². The van der Waals surface area contributed by atoms with Crippen LogP contribution in [0.1, 0.15) is 33.5 Å². The van der Waals surface area contributed by atoms with Gasteiger partial charge in [0.15, 0.2) is 0 Å². The van der Waals surface area contributed by atoms with E-state index in [0.717, 1.165) is 16.8 Å². The first-order valence-corrected chi connectivity index (χ1v) is 6.61. The fourth-order valence-corrected chi connectivity index (χ4v) is 2.34. The maximum atomic E-state index is 12.3. The lowest BCUT2D eigenvalue weighted by Crippen LogP contribution is -2.26. The van der Waals surface area contributed by atoms with Crippen molar-refractivity contribution in [2.24, 2.45) is 0 Å². The molecule has 2 rings (SSSR count). The summed E-state index contributed by atoms with van der Waals surface area (Å²) in [4.78, 5) is 12.3. The molecule has 1 aromatic carbocycles. The van der Waals surface area contributed by atoms with Crippen LogP contribution in [-0.4, -0.2) is 4.57 Å². The Morgan fingerprint density at radius 2 is 1.75 bits per heavy atom. The molecule has 0 saturated carbocycles. The summed E-state index contributed by atoms with van der Waals surface area (Å²) in [5.74, 6) is 0. The highest BCUT2D eigenvalue weighted by Gasteiger charge is 2.10. The smallest absolute Gasteiger partial charge is 0.269 e. The van der Waals surface area contributed by atoms with Crippen molar-refractivity contribution in [3.05, 3.63) is 68.1 Å². The van der Waals surface area contributed by atoms with Crippen LogP contribution in [-0.2, 0) is 6.54 Å². The van der Waals surface area contributed by atoms with E-state index in [4.69, 9.17) is 5.26 Å². The molecule has 0 radical (unpaired) electrons. The number of nitrogens with zero attached hydrogens (tertiary/aromatic N) is 2. The number of rotatable bonds is 2. The number of hydrogen-bond donors (Lipinski definition) is 0. The zero-order valence-electron chi connectivity index (χ0n) is 12.3. The third-order valence-corrected chi connectivity index (χ3v) is 3.73. The van der Waals surface area contributed by atoms with E-state index >= 15 is 0 Å². The molecule has 3 nitrogen and oxygen atoms in total. The molecule has 0 N–H and O–H groups in total. The van der Waals surface area contributed by atoms with Gasteiger partial charge in [0, 0.05) is 5.69 Å². The van der Waals surface area contributed by atoms with Crippen LogP contribution in [0.4, 0.5) is 0 Å². The number of pyridine rings is 1. The fourth-order valence-electron chi connectivity index (χ4n) is 2.34. The van der Waals surface area contributed by atoms with Crippen molar-refractivity contribution in [1.29, 1.82) is 5.26 Å². The monoisotopic (exact) mass is 266 g/mol. The molecule has 0 aliphatic rings. The number of aromatic nitrogens is 1. The van der Waals surface area contributed by atoms with Crippen molar-refractivity contribution in [3.63, 3.8) is 0 Å². The molecule has 1 aromatic heterocycles. The first kappa shape index (κ1) is 14.1. The number of benzene rings is 1. The Balaban J connectivity index is 2.52. The van der Waals surface area contributed by atoms with E-state index in [-0.39, 0.29) is 11.1 Å². The minimum Gasteiger partial charge on any atom is -0.307 e. The topological polar surface area (TPSA) is 45.8 Å². The second kappa shape index (κ2) is 5.34. The summed E-state index contributed by atoms with van der Waals surface area (Å²) < 4.78 is 1.66. The molecule has 102 valence electrons. The zero-order valence-corrected chi connectivity index (χ0v) is 12.3. The standard InChI is InChI=1S/C17H18N2O/c1-11-5-6-15(8-12(11)2)10-19-14(4)7-13(3)16(9-18)17(19)20/h5-8H,10H2,1-4H3. The van der Waals surface area contributed by atoms with Crippen LogP contribution in [0.25, 0.3) is 0 Å². The van der Waals surface area contributed by atoms with Crippen molar-refractivity contribution >= 4 is 0 Å². The highest BCUT2D eigenvalue weighted by molar-refractivity contribution is 5.37. The quantitative estimate of drug-likeness (QED) is 0.838. The molecule has 0 spiro atoms. The molecule has 20 heavy (non-hydrogen) atoms. The lowest BCUT2D eigenvalue weighted by Gasteiger charge is -2.13. The summed E-state index contributed by atoms with van der Waals surface area (Å²) in [5.41, 5.74) is 5.17. The van der Waals surface area contributed by atoms with Gasteiger partial charge in [0.05, 0.1) is 6.54 Å². The van der Waals surface area contributed by atoms with Crippen molar-refractivity contribution in [1.82, 2.24) is 4.57 Å². The van der Waals surface area contributed by atoms with Crippen LogP contribution >= 0.6 is 0 Å². The summed E-state index contributed by atoms with van der Waals surface area (Å²) in [7, 11) is 0. The van der Waals surface area contributed by atoms with E-state index in [2.05, 4.69) is 26.0 Å². The van der Waals surface area contributed by atoms with Crippen LogP contribution in [0.5, 0.6) is 0 Å². The SMILES string of the molecule is Cc1ccc(Cn2c(C)cc(C)c(C#N)c2=O)cc1C. The number of hydrogen-bond acceptors (Lipinski definition) is 2. The number of aryl methyl sites for hydroxylation is 4. The van der Waals surface area contributed by atoms with Crippen molar-refractivity contribution in [2.75, 3.05) is 0 Å². The predicted octanol–water partition coefficient (Wildman–Crippen LogP) is 3.00. The summed E-state index contributed by atoms with van der Waals surface area (Å²) in [6.45, 7) is 8.32. The van der Waals surface area contributed by atoms with Gasteiger partial charge in [-0.2, -0.15) is 5.26 Å². The summed E-state index contributed by atoms with van der Waals surface area (Å²) in [6, 6.07) is 10.1. The van der Waals surface area contributed by atoms with Crippen molar-refractivity contribution in [3.8, 4) is 6.07 Å². The molecule has 0 saturated heterocycles. The first-order chi connectivity index (χ1) is 9.43. The van der Waals surface area contributed by atoms with Crippen LogP contribution in [0, 0.1) is 39.0 Å². The predicted molar refractivity (Wildman–Crippen MR) is 79.9 cm³/mol. The van der Waals surface area contributed by atoms with Gasteiger partial charge in [0.2, 0.25) is 0 Å². The Kier molecular flexibility index (Phi) is 3.76. The van der Waals surface area contributed by atoms with E-state index in [9.17, 15) is 4.79 Å². The van der Waals surface area contributed by atoms with Crippen molar-refractivity contribution in [2.45, 2.75) is 34.2 Å². The van der Waals surface area contributed by atoms with Gasteiger partial charge in [-0.3, -0.25) is 4.79 Å². The lowest BCUT2D eigenvalue weighted by molar-refractivity contribution is 0.724. The minimum absolute atomic E-state index is 0.205. The van der Waals surface area contributed by atoms with Gasteiger partial charge in [0.25, 0.3) is 5.56 Å². The van der Waals surface area contributed by atoms with Crippen LogP contribution in [0.15, 0.2) is 29.1 Å². The van der Waals surface area contributed by atoms with Crippen LogP contribution in [0.2, 0.25) is 0 Å². The van der Waals surface area contributed by atoms with Gasteiger partial charge in [-0.05, 0) is 56.0 Å². The molecular weight excluding hydrogens is 248 g/mol. The Morgan fingerprint density at radius 3 is 2.35 bits per heavy atom. The van der Waals surface area contributed by atoms with E-state index in [1.165, 1.54) is 11.1 Å².